The largest absolute Gasteiger partial charge is 0.497 e. The number of carbonyl (C=O) groups is 3. The fourth-order valence-electron chi connectivity index (χ4n) is 4.76. The molecule has 0 saturated carbocycles. The first kappa shape index (κ1) is 29.5. The molecule has 2 heterocycles. The van der Waals surface area contributed by atoms with Gasteiger partial charge in [0.25, 0.3) is 0 Å². The summed E-state index contributed by atoms with van der Waals surface area (Å²) in [5, 5.41) is 10.3. The molecule has 1 aliphatic heterocycles. The van der Waals surface area contributed by atoms with Crippen molar-refractivity contribution in [3.05, 3.63) is 70.9 Å². The van der Waals surface area contributed by atoms with Gasteiger partial charge in [0.15, 0.2) is 24.5 Å². The molecule has 10 nitrogen and oxygen atoms in total. The van der Waals surface area contributed by atoms with Gasteiger partial charge in [0.1, 0.15) is 16.5 Å². The normalized spacial score (nSPS) is 19.9. The number of pyridine rings is 1. The second-order valence-corrected chi connectivity index (χ2v) is 9.61. The molecule has 0 bridgehead atoms. The van der Waals surface area contributed by atoms with Gasteiger partial charge < -0.3 is 28.3 Å². The van der Waals surface area contributed by atoms with Gasteiger partial charge in [-0.1, -0.05) is 54.7 Å². The van der Waals surface area contributed by atoms with E-state index in [1.807, 2.05) is 42.5 Å². The lowest BCUT2D eigenvalue weighted by Crippen LogP contribution is -2.55. The number of benzene rings is 2. The molecule has 1 aliphatic rings. The second kappa shape index (κ2) is 12.8. The van der Waals surface area contributed by atoms with E-state index in [0.29, 0.717) is 17.0 Å². The predicted octanol–water partition coefficient (Wildman–Crippen LogP) is 4.76. The lowest BCUT2D eigenvalue weighted by atomic mass is 9.97. The predicted molar refractivity (Wildman–Crippen MR) is 149 cm³/mol. The Bertz CT molecular complexity index is 1550. The summed E-state index contributed by atoms with van der Waals surface area (Å²) in [4.78, 5) is 36.2. The molecule has 0 amide bonds. The van der Waals surface area contributed by atoms with E-state index in [1.54, 1.807) is 29.9 Å². The zero-order valence-corrected chi connectivity index (χ0v) is 23.7. The van der Waals surface area contributed by atoms with Gasteiger partial charge in [0.05, 0.1) is 25.0 Å². The van der Waals surface area contributed by atoms with Crippen molar-refractivity contribution in [2.75, 3.05) is 13.7 Å². The van der Waals surface area contributed by atoms with Crippen LogP contribution in [0.1, 0.15) is 32.6 Å². The van der Waals surface area contributed by atoms with Crippen molar-refractivity contribution < 1.29 is 38.1 Å². The van der Waals surface area contributed by atoms with Crippen LogP contribution >= 0.6 is 12.2 Å². The van der Waals surface area contributed by atoms with E-state index in [0.717, 1.165) is 11.1 Å². The monoisotopic (exact) mass is 576 g/mol. The Hall–Kier alpha value is -4.53. The molecule has 1 fully saturated rings. The highest BCUT2D eigenvalue weighted by Gasteiger charge is 2.48. The van der Waals surface area contributed by atoms with Crippen molar-refractivity contribution in [1.29, 1.82) is 5.26 Å². The average Bonchev–Trinajstić information content (AvgIpc) is 2.94. The Balaban J connectivity index is 1.97. The zero-order valence-electron chi connectivity index (χ0n) is 22.9. The maximum absolute atomic E-state index is 12.3. The van der Waals surface area contributed by atoms with Crippen molar-refractivity contribution in [3.63, 3.8) is 0 Å². The number of nitriles is 1. The third-order valence-corrected chi connectivity index (χ3v) is 6.80. The standard InChI is InChI=1S/C30H28N2O8S/c1-17(33)38-26-16-37-29(28(40-19(3)35)27(26)39-18(2)34)32-25(21-8-6-5-7-9-21)14-23(24(15-31)30(32)41)20-10-12-22(36-4)13-11-20/h5-14,26-29H,16H2,1-4H3/t26-,27-,28-,29-/m1/s1. The topological polar surface area (TPSA) is 126 Å². The van der Waals surface area contributed by atoms with Crippen LogP contribution < -0.4 is 4.74 Å². The SMILES string of the molecule is COc1ccc(-c2cc(-c3ccccc3)n([C@@H]3OC[C@@H](OC(C)=O)[C@@H](OC(C)=O)[C@H]3OC(C)=O)c(=S)c2C#N)cc1. The molecular weight excluding hydrogens is 548 g/mol. The van der Waals surface area contributed by atoms with Gasteiger partial charge in [0.2, 0.25) is 0 Å². The summed E-state index contributed by atoms with van der Waals surface area (Å²) in [6.07, 6.45) is -4.69. The highest BCUT2D eigenvalue weighted by atomic mass is 32.1. The number of hydrogen-bond acceptors (Lipinski definition) is 10. The molecule has 1 aromatic heterocycles. The molecule has 0 aliphatic carbocycles. The molecule has 0 N–H and O–H groups in total. The molecule has 11 heteroatoms. The van der Waals surface area contributed by atoms with Gasteiger partial charge in [-0.3, -0.25) is 14.4 Å². The number of esters is 3. The van der Waals surface area contributed by atoms with Gasteiger partial charge in [-0.05, 0) is 29.3 Å². The van der Waals surface area contributed by atoms with Gasteiger partial charge in [-0.25, -0.2) is 0 Å². The molecule has 3 aromatic rings. The summed E-state index contributed by atoms with van der Waals surface area (Å²) in [7, 11) is 1.56. The van der Waals surface area contributed by atoms with E-state index in [2.05, 4.69) is 6.07 Å². The third kappa shape index (κ3) is 6.45. The van der Waals surface area contributed by atoms with E-state index in [4.69, 9.17) is 35.9 Å². The number of nitrogens with zero attached hydrogens (tertiary/aromatic N) is 2. The van der Waals surface area contributed by atoms with Crippen LogP contribution in [0.25, 0.3) is 22.4 Å². The molecule has 4 atom stereocenters. The Morgan fingerprint density at radius 1 is 0.902 bits per heavy atom. The van der Waals surface area contributed by atoms with Crippen LogP contribution in [-0.2, 0) is 33.3 Å². The smallest absolute Gasteiger partial charge is 0.303 e. The van der Waals surface area contributed by atoms with Crippen molar-refractivity contribution in [3.8, 4) is 34.2 Å². The van der Waals surface area contributed by atoms with E-state index in [1.165, 1.54) is 20.8 Å². The van der Waals surface area contributed by atoms with Crippen LogP contribution in [-0.4, -0.2) is 54.5 Å². The molecule has 41 heavy (non-hydrogen) atoms. The minimum Gasteiger partial charge on any atom is -0.497 e. The Labute approximate surface area is 242 Å². The van der Waals surface area contributed by atoms with E-state index < -0.39 is 42.4 Å². The number of carbonyl (C=O) groups excluding carboxylic acids is 3. The molecule has 1 saturated heterocycles. The maximum Gasteiger partial charge on any atom is 0.303 e. The van der Waals surface area contributed by atoms with Gasteiger partial charge in [-0.15, -0.1) is 0 Å². The molecule has 2 aromatic carbocycles. The minimum absolute atomic E-state index is 0.106. The van der Waals surface area contributed by atoms with Crippen molar-refractivity contribution in [2.24, 2.45) is 0 Å². The Kier molecular flexibility index (Phi) is 9.17. The minimum atomic E-state index is -1.28. The summed E-state index contributed by atoms with van der Waals surface area (Å²) < 4.78 is 29.6. The second-order valence-electron chi connectivity index (χ2n) is 9.22. The van der Waals surface area contributed by atoms with Crippen LogP contribution in [0.3, 0.4) is 0 Å². The lowest BCUT2D eigenvalue weighted by molar-refractivity contribution is -0.239. The lowest BCUT2D eigenvalue weighted by Gasteiger charge is -2.42. The molecule has 0 radical (unpaired) electrons. The number of hydrogen-bond donors (Lipinski definition) is 0. The summed E-state index contributed by atoms with van der Waals surface area (Å²) >= 11 is 5.89. The molecule has 0 unspecified atom stereocenters. The number of ether oxygens (including phenoxy) is 5. The maximum atomic E-state index is 12.3. The third-order valence-electron chi connectivity index (χ3n) is 6.40. The average molecular weight is 577 g/mol. The molecule has 212 valence electrons. The zero-order chi connectivity index (χ0) is 29.7. The Morgan fingerprint density at radius 3 is 2.07 bits per heavy atom. The highest BCUT2D eigenvalue weighted by molar-refractivity contribution is 7.71. The summed E-state index contributed by atoms with van der Waals surface area (Å²) in [5.41, 5.74) is 2.77. The number of aromatic nitrogens is 1. The molecular formula is C30H28N2O8S. The van der Waals surface area contributed by atoms with Crippen LogP contribution in [0.5, 0.6) is 5.75 Å². The molecule has 4 rings (SSSR count). The van der Waals surface area contributed by atoms with Gasteiger partial charge in [-0.2, -0.15) is 5.26 Å². The molecule has 0 spiro atoms. The number of methoxy groups -OCH3 is 1. The number of rotatable bonds is 7. The van der Waals surface area contributed by atoms with Crippen LogP contribution in [0, 0.1) is 16.0 Å². The highest BCUT2D eigenvalue weighted by Crippen LogP contribution is 2.38. The first-order chi connectivity index (χ1) is 19.6. The van der Waals surface area contributed by atoms with Crippen molar-refractivity contribution in [2.45, 2.75) is 45.3 Å². The van der Waals surface area contributed by atoms with Crippen molar-refractivity contribution in [1.82, 2.24) is 4.57 Å². The van der Waals surface area contributed by atoms with Crippen LogP contribution in [0.4, 0.5) is 0 Å². The van der Waals surface area contributed by atoms with Crippen LogP contribution in [0.15, 0.2) is 60.7 Å². The van der Waals surface area contributed by atoms with E-state index >= 15 is 0 Å². The fourth-order valence-corrected chi connectivity index (χ4v) is 5.12. The van der Waals surface area contributed by atoms with Crippen molar-refractivity contribution >= 4 is 30.1 Å². The first-order valence-corrected chi connectivity index (χ1v) is 13.1. The van der Waals surface area contributed by atoms with E-state index in [9.17, 15) is 19.6 Å². The quantitative estimate of drug-likeness (QED) is 0.221. The first-order valence-electron chi connectivity index (χ1n) is 12.7. The van der Waals surface area contributed by atoms with E-state index in [-0.39, 0.29) is 16.8 Å². The van der Waals surface area contributed by atoms with Gasteiger partial charge >= 0.3 is 17.9 Å². The summed E-state index contributed by atoms with van der Waals surface area (Å²) in [5.74, 6) is -1.34. The summed E-state index contributed by atoms with van der Waals surface area (Å²) in [6.45, 7) is 3.40. The Morgan fingerprint density at radius 2 is 1.51 bits per heavy atom. The van der Waals surface area contributed by atoms with Crippen LogP contribution in [0.2, 0.25) is 0 Å². The van der Waals surface area contributed by atoms with Gasteiger partial charge in [0, 0.05) is 26.3 Å². The summed E-state index contributed by atoms with van der Waals surface area (Å²) in [6, 6.07) is 20.5. The fraction of sp³-hybridized carbons (Fsp3) is 0.300.